The fourth-order valence-corrected chi connectivity index (χ4v) is 4.92. The molecular weight excluding hydrogens is 584 g/mol. The van der Waals surface area contributed by atoms with Crippen molar-refractivity contribution in [1.29, 1.82) is 0 Å². The number of alkyl carbamates (subject to hydrolysis) is 1. The molecule has 4 amide bonds. The summed E-state index contributed by atoms with van der Waals surface area (Å²) in [5.74, 6) is -4.98. The summed E-state index contributed by atoms with van der Waals surface area (Å²) < 4.78 is 14.4. The number of hydrogen-bond donors (Lipinski definition) is 2. The van der Waals surface area contributed by atoms with Crippen LogP contribution in [0.3, 0.4) is 0 Å². The molecule has 0 bridgehead atoms. The van der Waals surface area contributed by atoms with E-state index in [2.05, 4.69) is 19.9 Å². The van der Waals surface area contributed by atoms with Crippen LogP contribution in [0, 0.1) is 0 Å². The van der Waals surface area contributed by atoms with Crippen molar-refractivity contribution in [2.75, 3.05) is 57.8 Å². The molecular formula is C27H36N6O11. The van der Waals surface area contributed by atoms with E-state index in [1.807, 2.05) is 12.1 Å². The van der Waals surface area contributed by atoms with E-state index in [1.165, 1.54) is 11.8 Å². The van der Waals surface area contributed by atoms with Gasteiger partial charge in [0.1, 0.15) is 18.6 Å². The van der Waals surface area contributed by atoms with Gasteiger partial charge in [0.2, 0.25) is 24.0 Å². The topological polar surface area (TPSA) is 205 Å². The molecule has 1 aromatic rings. The van der Waals surface area contributed by atoms with Crippen molar-refractivity contribution in [2.24, 2.45) is 0 Å². The van der Waals surface area contributed by atoms with Crippen LogP contribution in [-0.4, -0.2) is 138 Å². The Labute approximate surface area is 253 Å². The summed E-state index contributed by atoms with van der Waals surface area (Å²) in [5, 5.41) is 11.5. The molecule has 2 N–H and O–H groups in total. The van der Waals surface area contributed by atoms with Crippen molar-refractivity contribution in [3.63, 3.8) is 0 Å². The van der Waals surface area contributed by atoms with E-state index >= 15 is 0 Å². The van der Waals surface area contributed by atoms with Crippen LogP contribution in [0.4, 0.5) is 10.5 Å². The second-order valence-electron chi connectivity index (χ2n) is 10.0. The lowest BCUT2D eigenvalue weighted by atomic mass is 10.0. The first-order chi connectivity index (χ1) is 20.9. The lowest BCUT2D eigenvalue weighted by Gasteiger charge is -2.41. The van der Waals surface area contributed by atoms with Gasteiger partial charge in [-0.3, -0.25) is 33.8 Å². The van der Waals surface area contributed by atoms with E-state index in [9.17, 15) is 38.7 Å². The monoisotopic (exact) mass is 620 g/mol. The Bertz CT molecular complexity index is 1240. The molecule has 3 atom stereocenters. The predicted molar refractivity (Wildman–Crippen MR) is 149 cm³/mol. The number of carbonyl (C=O) groups excluding carboxylic acids is 6. The molecule has 2 unspecified atom stereocenters. The number of carbonyl (C=O) groups is 7. The molecule has 0 saturated carbocycles. The Morgan fingerprint density at radius 3 is 2.27 bits per heavy atom. The number of ether oxygens (including phenoxy) is 3. The highest BCUT2D eigenvalue weighted by molar-refractivity contribution is 5.97. The quantitative estimate of drug-likeness (QED) is 0.221. The minimum atomic E-state index is -1.54. The van der Waals surface area contributed by atoms with Crippen LogP contribution in [0.5, 0.6) is 0 Å². The largest absolute Gasteiger partial charge is 0.480 e. The first kappa shape index (κ1) is 33.5. The molecule has 3 heterocycles. The van der Waals surface area contributed by atoms with Gasteiger partial charge in [-0.25, -0.2) is 4.79 Å². The zero-order valence-corrected chi connectivity index (χ0v) is 24.7. The summed E-state index contributed by atoms with van der Waals surface area (Å²) in [6, 6.07) is 0.709. The van der Waals surface area contributed by atoms with E-state index in [1.54, 1.807) is 12.4 Å². The molecule has 17 heteroatoms. The van der Waals surface area contributed by atoms with Gasteiger partial charge in [0.05, 0.1) is 20.0 Å². The first-order valence-electron chi connectivity index (χ1n) is 13.8. The van der Waals surface area contributed by atoms with Crippen molar-refractivity contribution >= 4 is 47.4 Å². The van der Waals surface area contributed by atoms with E-state index in [0.29, 0.717) is 26.2 Å². The van der Waals surface area contributed by atoms with Crippen LogP contribution in [0.2, 0.25) is 0 Å². The van der Waals surface area contributed by atoms with Gasteiger partial charge < -0.3 is 44.2 Å². The molecule has 0 aliphatic carbocycles. The van der Waals surface area contributed by atoms with E-state index in [-0.39, 0.29) is 13.1 Å². The lowest BCUT2D eigenvalue weighted by molar-refractivity contribution is -0.163. The number of hydrogen-bond acceptors (Lipinski definition) is 12. The van der Waals surface area contributed by atoms with E-state index < -0.39 is 79.5 Å². The number of carboxylic acids is 1. The summed E-state index contributed by atoms with van der Waals surface area (Å²) in [5.41, 5.74) is 0.940. The Balaban J connectivity index is 1.79. The Morgan fingerprint density at radius 1 is 1.02 bits per heavy atom. The van der Waals surface area contributed by atoms with Crippen LogP contribution in [0.1, 0.15) is 26.7 Å². The fraction of sp³-hybridized carbons (Fsp3) is 0.556. The minimum Gasteiger partial charge on any atom is -0.480 e. The third-order valence-electron chi connectivity index (χ3n) is 7.01. The maximum absolute atomic E-state index is 13.9. The van der Waals surface area contributed by atoms with Gasteiger partial charge in [0, 0.05) is 71.2 Å². The summed E-state index contributed by atoms with van der Waals surface area (Å²) in [6.07, 6.45) is -0.255. The number of aromatic nitrogens is 1. The average molecular weight is 621 g/mol. The third-order valence-corrected chi connectivity index (χ3v) is 7.01. The summed E-state index contributed by atoms with van der Waals surface area (Å²) >= 11 is 0. The van der Waals surface area contributed by atoms with Gasteiger partial charge >= 0.3 is 24.0 Å². The van der Waals surface area contributed by atoms with E-state index in [0.717, 1.165) is 29.5 Å². The molecule has 2 aliphatic rings. The number of rotatable bonds is 11. The standard InChI is InChI=1S/C27H36N6O11/c1-17(34)43-18(2)44-27(41)29-20(14-22(35)31-10-8-30(9-11-31)19-4-6-28-7-5-19)25(39)33-13-12-32(16-23(36)37)26(40)21(33)15-24(38)42-3/h4-7,18,20-21H,8-16H2,1-3H3,(H,29,41)(H,36,37)/t18?,20?,21-/m0/s1. The second-order valence-corrected chi connectivity index (χ2v) is 10.0. The Morgan fingerprint density at radius 2 is 1.68 bits per heavy atom. The molecule has 17 nitrogen and oxygen atoms in total. The predicted octanol–water partition coefficient (Wildman–Crippen LogP) is -1.19. The summed E-state index contributed by atoms with van der Waals surface area (Å²) in [7, 11) is 1.09. The van der Waals surface area contributed by atoms with Crippen LogP contribution < -0.4 is 10.2 Å². The molecule has 0 radical (unpaired) electrons. The van der Waals surface area contributed by atoms with E-state index in [4.69, 9.17) is 9.47 Å². The molecule has 44 heavy (non-hydrogen) atoms. The van der Waals surface area contributed by atoms with Gasteiger partial charge in [0.25, 0.3) is 0 Å². The van der Waals surface area contributed by atoms with Gasteiger partial charge in [-0.15, -0.1) is 0 Å². The first-order valence-corrected chi connectivity index (χ1v) is 13.8. The fourth-order valence-electron chi connectivity index (χ4n) is 4.92. The van der Waals surface area contributed by atoms with Gasteiger partial charge in [-0.1, -0.05) is 0 Å². The molecule has 3 rings (SSSR count). The highest BCUT2D eigenvalue weighted by Crippen LogP contribution is 2.20. The number of carboxylic acid groups (broad SMARTS) is 1. The molecule has 2 aliphatic heterocycles. The van der Waals surface area contributed by atoms with Gasteiger partial charge in [-0.2, -0.15) is 0 Å². The smallest absolute Gasteiger partial charge is 0.410 e. The number of methoxy groups -OCH3 is 1. The van der Waals surface area contributed by atoms with Gasteiger partial charge in [0.15, 0.2) is 0 Å². The molecule has 0 spiro atoms. The van der Waals surface area contributed by atoms with Crippen molar-refractivity contribution < 1.29 is 52.9 Å². The number of aliphatic carboxylic acids is 1. The van der Waals surface area contributed by atoms with Crippen LogP contribution in [0.25, 0.3) is 0 Å². The van der Waals surface area contributed by atoms with Crippen LogP contribution in [-0.2, 0) is 43.0 Å². The summed E-state index contributed by atoms with van der Waals surface area (Å²) in [4.78, 5) is 97.3. The number of piperazine rings is 2. The van der Waals surface area contributed by atoms with Gasteiger partial charge in [-0.05, 0) is 12.1 Å². The number of nitrogens with one attached hydrogen (secondary N) is 1. The molecule has 2 saturated heterocycles. The zero-order valence-electron chi connectivity index (χ0n) is 24.7. The number of esters is 2. The van der Waals surface area contributed by atoms with Crippen molar-refractivity contribution in [3.8, 4) is 0 Å². The van der Waals surface area contributed by atoms with Crippen molar-refractivity contribution in [2.45, 2.75) is 45.1 Å². The Hall–Kier alpha value is -4.96. The highest BCUT2D eigenvalue weighted by Gasteiger charge is 2.43. The number of anilines is 1. The average Bonchev–Trinajstić information content (AvgIpc) is 2.98. The molecule has 240 valence electrons. The minimum absolute atomic E-state index is 0.167. The number of nitrogens with zero attached hydrogens (tertiary/aromatic N) is 5. The summed E-state index contributed by atoms with van der Waals surface area (Å²) in [6.45, 7) is 3.05. The van der Waals surface area contributed by atoms with Crippen LogP contribution in [0.15, 0.2) is 24.5 Å². The maximum Gasteiger partial charge on any atom is 0.410 e. The van der Waals surface area contributed by atoms with Crippen molar-refractivity contribution in [3.05, 3.63) is 24.5 Å². The normalized spacial score (nSPS) is 18.2. The molecule has 1 aromatic heterocycles. The van der Waals surface area contributed by atoms with Crippen LogP contribution >= 0.6 is 0 Å². The lowest BCUT2D eigenvalue weighted by Crippen LogP contribution is -2.63. The second kappa shape index (κ2) is 15.5. The molecule has 0 aromatic carbocycles. The third kappa shape index (κ3) is 9.27. The number of amides is 4. The highest BCUT2D eigenvalue weighted by atomic mass is 16.7. The maximum atomic E-state index is 13.9. The number of pyridine rings is 1. The SMILES string of the molecule is COC(=O)C[C@H]1C(=O)N(CC(=O)O)CCN1C(=O)C(CC(=O)N1CCN(c2ccncc2)CC1)NC(=O)OC(C)OC(C)=O. The van der Waals surface area contributed by atoms with Crippen molar-refractivity contribution in [1.82, 2.24) is 25.0 Å². The zero-order chi connectivity index (χ0) is 32.4. The Kier molecular flexibility index (Phi) is 11.8. The molecule has 2 fully saturated rings.